The number of halogens is 3. The van der Waals surface area contributed by atoms with Crippen LogP contribution in [0.3, 0.4) is 0 Å². The molecule has 194 valence electrons. The van der Waals surface area contributed by atoms with Gasteiger partial charge in [-0.3, -0.25) is 4.79 Å². The first-order valence-electron chi connectivity index (χ1n) is 12.5. The lowest BCUT2D eigenvalue weighted by atomic mass is 9.89. The highest BCUT2D eigenvalue weighted by Crippen LogP contribution is 2.44. The van der Waals surface area contributed by atoms with Crippen LogP contribution in [0.4, 0.5) is 18.0 Å². The molecular weight excluding hydrogens is 487 g/mol. The lowest BCUT2D eigenvalue weighted by molar-refractivity contribution is -0.137. The third-order valence-electron chi connectivity index (χ3n) is 7.75. The van der Waals surface area contributed by atoms with Gasteiger partial charge in [0.05, 0.1) is 5.56 Å². The van der Waals surface area contributed by atoms with E-state index in [0.29, 0.717) is 59.8 Å². The van der Waals surface area contributed by atoms with Gasteiger partial charge in [-0.15, -0.1) is 0 Å². The molecule has 1 saturated carbocycles. The average molecular weight is 514 g/mol. The molecule has 37 heavy (non-hydrogen) atoms. The summed E-state index contributed by atoms with van der Waals surface area (Å²) in [4.78, 5) is 29.4. The molecule has 6 rings (SSSR count). The molecule has 3 aliphatic rings. The van der Waals surface area contributed by atoms with Crippen molar-refractivity contribution in [2.75, 3.05) is 26.2 Å². The Labute approximate surface area is 210 Å². The average Bonchev–Trinajstić information content (AvgIpc) is 3.47. The van der Waals surface area contributed by atoms with E-state index in [2.05, 4.69) is 15.4 Å². The Morgan fingerprint density at radius 1 is 0.946 bits per heavy atom. The second kappa shape index (κ2) is 9.04. The first kappa shape index (κ1) is 23.7. The molecule has 2 atom stereocenters. The molecule has 0 bridgehead atoms. The fraction of sp³-hybridized carbons (Fsp3) is 0.462. The van der Waals surface area contributed by atoms with Gasteiger partial charge in [-0.1, -0.05) is 6.07 Å². The first-order valence-corrected chi connectivity index (χ1v) is 12.5. The van der Waals surface area contributed by atoms with E-state index in [-0.39, 0.29) is 24.3 Å². The highest BCUT2D eigenvalue weighted by atomic mass is 19.4. The van der Waals surface area contributed by atoms with Crippen LogP contribution in [-0.4, -0.2) is 63.4 Å². The van der Waals surface area contributed by atoms with Crippen LogP contribution in [0.1, 0.15) is 52.2 Å². The smallest absolute Gasteiger partial charge is 0.416 e. The van der Waals surface area contributed by atoms with Crippen LogP contribution in [0.25, 0.3) is 11.0 Å². The van der Waals surface area contributed by atoms with Gasteiger partial charge in [-0.2, -0.15) is 28.6 Å². The van der Waals surface area contributed by atoms with Crippen LogP contribution in [-0.2, 0) is 17.5 Å². The number of alkyl halides is 3. The van der Waals surface area contributed by atoms with Crippen LogP contribution in [0.2, 0.25) is 0 Å². The molecule has 3 fully saturated rings. The molecule has 3 heterocycles. The van der Waals surface area contributed by atoms with Gasteiger partial charge >= 0.3 is 12.3 Å². The molecule has 8 nitrogen and oxygen atoms in total. The zero-order chi connectivity index (χ0) is 25.7. The van der Waals surface area contributed by atoms with Crippen molar-refractivity contribution < 1.29 is 27.5 Å². The number of aromatic amines is 1. The van der Waals surface area contributed by atoms with Crippen molar-refractivity contribution in [3.8, 4) is 0 Å². The number of aromatic nitrogens is 3. The largest absolute Gasteiger partial charge is 0.445 e. The predicted octanol–water partition coefficient (Wildman–Crippen LogP) is 4.58. The molecule has 1 aliphatic carbocycles. The minimum atomic E-state index is -4.40. The molecule has 11 heteroatoms. The van der Waals surface area contributed by atoms with Crippen molar-refractivity contribution in [2.24, 2.45) is 11.8 Å². The maximum Gasteiger partial charge on any atom is 0.416 e. The van der Waals surface area contributed by atoms with Crippen molar-refractivity contribution in [3.05, 3.63) is 58.7 Å². The highest BCUT2D eigenvalue weighted by molar-refractivity contribution is 5.97. The van der Waals surface area contributed by atoms with E-state index in [1.807, 2.05) is 4.90 Å². The van der Waals surface area contributed by atoms with Crippen LogP contribution in [0.15, 0.2) is 36.4 Å². The van der Waals surface area contributed by atoms with E-state index in [0.717, 1.165) is 25.3 Å². The summed E-state index contributed by atoms with van der Waals surface area (Å²) in [6.45, 7) is 2.14. The summed E-state index contributed by atoms with van der Waals surface area (Å²) >= 11 is 0. The van der Waals surface area contributed by atoms with Gasteiger partial charge in [0.15, 0.2) is 0 Å². The Kier molecular flexibility index (Phi) is 5.80. The van der Waals surface area contributed by atoms with Crippen LogP contribution < -0.4 is 0 Å². The summed E-state index contributed by atoms with van der Waals surface area (Å²) in [6, 6.07) is 8.90. The number of nitrogens with one attached hydrogen (secondary N) is 1. The highest BCUT2D eigenvalue weighted by Gasteiger charge is 2.41. The molecule has 0 spiro atoms. The molecular formula is C26H26F3N5O3. The number of carbonyl (C=O) groups is 2. The predicted molar refractivity (Wildman–Crippen MR) is 127 cm³/mol. The lowest BCUT2D eigenvalue weighted by Gasteiger charge is -2.33. The van der Waals surface area contributed by atoms with Gasteiger partial charge in [0.2, 0.25) is 0 Å². The van der Waals surface area contributed by atoms with E-state index in [1.54, 1.807) is 23.1 Å². The molecule has 1 aromatic heterocycles. The quantitative estimate of drug-likeness (QED) is 0.551. The van der Waals surface area contributed by atoms with Crippen molar-refractivity contribution in [1.29, 1.82) is 0 Å². The number of benzene rings is 2. The van der Waals surface area contributed by atoms with Gasteiger partial charge in [0, 0.05) is 31.7 Å². The molecule has 3 aromatic rings. The lowest BCUT2D eigenvalue weighted by Crippen LogP contribution is -2.43. The zero-order valence-corrected chi connectivity index (χ0v) is 20.0. The van der Waals surface area contributed by atoms with Crippen LogP contribution in [0.5, 0.6) is 0 Å². The van der Waals surface area contributed by atoms with Crippen LogP contribution >= 0.6 is 0 Å². The van der Waals surface area contributed by atoms with Gasteiger partial charge in [-0.05, 0) is 78.5 Å². The number of hydrogen-bond acceptors (Lipinski definition) is 5. The molecule has 2 saturated heterocycles. The van der Waals surface area contributed by atoms with Gasteiger partial charge < -0.3 is 14.5 Å². The molecule has 2 amide bonds. The van der Waals surface area contributed by atoms with E-state index in [4.69, 9.17) is 4.74 Å². The second-order valence-electron chi connectivity index (χ2n) is 10.2. The number of fused-ring (bicyclic) bond motifs is 2. The van der Waals surface area contributed by atoms with Gasteiger partial charge in [0.25, 0.3) is 5.91 Å². The Bertz CT molecular complexity index is 1350. The normalized spacial score (nSPS) is 21.8. The number of rotatable bonds is 4. The SMILES string of the molecule is O=C(OCc1ccc(C(F)(F)F)cc1C1CC1)N1CCC2CN(C(=O)c3ccc4n[nH]nc4c3)C[C@H]2C1. The number of amides is 2. The molecule has 0 radical (unpaired) electrons. The Morgan fingerprint density at radius 3 is 2.49 bits per heavy atom. The fourth-order valence-electron chi connectivity index (χ4n) is 5.56. The van der Waals surface area contributed by atoms with Gasteiger partial charge in [-0.25, -0.2) is 4.79 Å². The minimum absolute atomic E-state index is 0.0530. The van der Waals surface area contributed by atoms with E-state index >= 15 is 0 Å². The van der Waals surface area contributed by atoms with Gasteiger partial charge in [0.1, 0.15) is 17.6 Å². The van der Waals surface area contributed by atoms with E-state index < -0.39 is 17.8 Å². The Balaban J connectivity index is 1.07. The standard InChI is InChI=1S/C26H26F3N5O3/c27-26(28,29)20-5-3-18(21(10-20)15-1-2-15)14-37-25(36)33-8-7-17-11-34(13-19(17)12-33)24(35)16-4-6-22-23(9-16)31-32-30-22/h3-6,9-10,15,17,19H,1-2,7-8,11-14H2,(H,30,31,32)/t17?,19-/m1/s1. The number of piperidine rings is 1. The summed E-state index contributed by atoms with van der Waals surface area (Å²) in [5, 5.41) is 10.6. The third kappa shape index (κ3) is 4.74. The van der Waals surface area contributed by atoms with Crippen molar-refractivity contribution in [1.82, 2.24) is 25.2 Å². The number of carbonyl (C=O) groups excluding carboxylic acids is 2. The third-order valence-corrected chi connectivity index (χ3v) is 7.75. The Morgan fingerprint density at radius 2 is 1.70 bits per heavy atom. The number of H-pyrrole nitrogens is 1. The van der Waals surface area contributed by atoms with E-state index in [9.17, 15) is 22.8 Å². The number of hydrogen-bond donors (Lipinski definition) is 1. The Hall–Kier alpha value is -3.63. The molecule has 2 aromatic carbocycles. The summed E-state index contributed by atoms with van der Waals surface area (Å²) in [6.07, 6.45) is -2.42. The summed E-state index contributed by atoms with van der Waals surface area (Å²) in [5.74, 6) is 0.483. The van der Waals surface area contributed by atoms with Crippen molar-refractivity contribution in [3.63, 3.8) is 0 Å². The van der Waals surface area contributed by atoms with Crippen molar-refractivity contribution >= 4 is 23.0 Å². The minimum Gasteiger partial charge on any atom is -0.445 e. The summed E-state index contributed by atoms with van der Waals surface area (Å²) < 4.78 is 45.0. The summed E-state index contributed by atoms with van der Waals surface area (Å²) in [7, 11) is 0. The molecule has 2 aliphatic heterocycles. The zero-order valence-electron chi connectivity index (χ0n) is 20.0. The van der Waals surface area contributed by atoms with Crippen LogP contribution in [0, 0.1) is 11.8 Å². The summed E-state index contributed by atoms with van der Waals surface area (Å²) in [5.41, 5.74) is 2.46. The first-order chi connectivity index (χ1) is 17.8. The molecule has 1 N–H and O–H groups in total. The maximum atomic E-state index is 13.1. The van der Waals surface area contributed by atoms with E-state index in [1.165, 1.54) is 12.1 Å². The monoisotopic (exact) mass is 513 g/mol. The number of likely N-dealkylation sites (tertiary alicyclic amines) is 2. The second-order valence-corrected chi connectivity index (χ2v) is 10.2. The van der Waals surface area contributed by atoms with Crippen molar-refractivity contribution in [2.45, 2.75) is 38.0 Å². The topological polar surface area (TPSA) is 91.4 Å². The maximum absolute atomic E-state index is 13.1. The molecule has 1 unspecified atom stereocenters. The fourth-order valence-corrected chi connectivity index (χ4v) is 5.56. The number of ether oxygens (including phenoxy) is 1. The number of nitrogens with zero attached hydrogens (tertiary/aromatic N) is 4.